The number of aromatic nitrogens is 3. The summed E-state index contributed by atoms with van der Waals surface area (Å²) >= 11 is 0. The van der Waals surface area contributed by atoms with Gasteiger partial charge in [0.25, 0.3) is 0 Å². The molecule has 2 aromatic rings. The standard InChI is InChI=1S/C21H29F2N5O3/c1-20(2,3)18-9-15(31-19(24)29)6-7-27(18)10-21(30,11-28-13-25-12-26-28)16-5-4-14(22)8-17(16)23/h4-5,8,12-13,15,18,30H,6-7,9-11H2,1-3H3,(H2,24,29). The van der Waals surface area contributed by atoms with Crippen LogP contribution in [0.2, 0.25) is 0 Å². The quantitative estimate of drug-likeness (QED) is 0.719. The fourth-order valence-electron chi connectivity index (χ4n) is 4.35. The monoisotopic (exact) mass is 437 g/mol. The Hall–Kier alpha value is -2.59. The second-order valence-electron chi connectivity index (χ2n) is 9.18. The highest BCUT2D eigenvalue weighted by atomic mass is 19.1. The summed E-state index contributed by atoms with van der Waals surface area (Å²) in [5, 5.41) is 15.7. The number of primary amides is 1. The minimum atomic E-state index is -1.70. The molecule has 170 valence electrons. The fraction of sp³-hybridized carbons (Fsp3) is 0.571. The van der Waals surface area contributed by atoms with Crippen LogP contribution >= 0.6 is 0 Å². The van der Waals surface area contributed by atoms with Crippen molar-refractivity contribution in [3.8, 4) is 0 Å². The highest BCUT2D eigenvalue weighted by Gasteiger charge is 2.43. The molecule has 1 fully saturated rings. The van der Waals surface area contributed by atoms with Gasteiger partial charge in [-0.05, 0) is 17.9 Å². The second kappa shape index (κ2) is 8.88. The van der Waals surface area contributed by atoms with E-state index in [0.29, 0.717) is 19.4 Å². The van der Waals surface area contributed by atoms with Crippen LogP contribution in [-0.2, 0) is 16.9 Å². The summed E-state index contributed by atoms with van der Waals surface area (Å²) < 4.78 is 34.9. The highest BCUT2D eigenvalue weighted by molar-refractivity contribution is 5.64. The zero-order chi connectivity index (χ0) is 22.8. The maximum Gasteiger partial charge on any atom is 0.404 e. The number of hydrogen-bond acceptors (Lipinski definition) is 6. The lowest BCUT2D eigenvalue weighted by atomic mass is 9.78. The number of ether oxygens (including phenoxy) is 1. The summed E-state index contributed by atoms with van der Waals surface area (Å²) in [6, 6.07) is 3.06. The normalized spacial score (nSPS) is 22.1. The maximum absolute atomic E-state index is 14.7. The van der Waals surface area contributed by atoms with Gasteiger partial charge in [0.1, 0.15) is 36.0 Å². The molecule has 10 heteroatoms. The Morgan fingerprint density at radius 1 is 1.32 bits per heavy atom. The Balaban J connectivity index is 1.93. The third-order valence-electron chi connectivity index (χ3n) is 5.73. The van der Waals surface area contributed by atoms with E-state index in [1.54, 1.807) is 0 Å². The second-order valence-corrected chi connectivity index (χ2v) is 9.18. The zero-order valence-corrected chi connectivity index (χ0v) is 18.0. The molecule has 1 aliphatic heterocycles. The SMILES string of the molecule is CC(C)(C)C1CC(OC(N)=O)CCN1CC(O)(Cn1cncn1)c1ccc(F)cc1F. The third kappa shape index (κ3) is 5.56. The van der Waals surface area contributed by atoms with Crippen molar-refractivity contribution in [2.24, 2.45) is 11.1 Å². The van der Waals surface area contributed by atoms with Gasteiger partial charge in [0.2, 0.25) is 0 Å². The van der Waals surface area contributed by atoms with Gasteiger partial charge in [0.05, 0.1) is 6.54 Å². The zero-order valence-electron chi connectivity index (χ0n) is 18.0. The minimum Gasteiger partial charge on any atom is -0.446 e. The molecular formula is C21H29F2N5O3. The topological polar surface area (TPSA) is 106 Å². The molecule has 1 amide bonds. The first-order valence-electron chi connectivity index (χ1n) is 10.2. The van der Waals surface area contributed by atoms with Gasteiger partial charge in [-0.15, -0.1) is 0 Å². The van der Waals surface area contributed by atoms with Crippen molar-refractivity contribution in [2.45, 2.75) is 57.9 Å². The van der Waals surface area contributed by atoms with Crippen molar-refractivity contribution in [3.63, 3.8) is 0 Å². The number of nitrogens with zero attached hydrogens (tertiary/aromatic N) is 4. The average molecular weight is 437 g/mol. The lowest BCUT2D eigenvalue weighted by Crippen LogP contribution is -2.56. The van der Waals surface area contributed by atoms with E-state index in [9.17, 15) is 18.7 Å². The van der Waals surface area contributed by atoms with E-state index in [1.807, 2.05) is 20.8 Å². The van der Waals surface area contributed by atoms with Crippen LogP contribution in [0.15, 0.2) is 30.9 Å². The molecule has 1 aromatic carbocycles. The third-order valence-corrected chi connectivity index (χ3v) is 5.73. The Morgan fingerprint density at radius 2 is 2.06 bits per heavy atom. The lowest BCUT2D eigenvalue weighted by Gasteiger charge is -2.48. The number of carbonyl (C=O) groups excluding carboxylic acids is 1. The number of carbonyl (C=O) groups is 1. The number of piperidine rings is 1. The van der Waals surface area contributed by atoms with E-state index in [1.165, 1.54) is 23.4 Å². The summed E-state index contributed by atoms with van der Waals surface area (Å²) in [5.74, 6) is -1.55. The number of aliphatic hydroxyl groups is 1. The van der Waals surface area contributed by atoms with Crippen molar-refractivity contribution in [3.05, 3.63) is 48.1 Å². The summed E-state index contributed by atoms with van der Waals surface area (Å²) in [6.45, 7) is 6.65. The van der Waals surface area contributed by atoms with Gasteiger partial charge in [-0.25, -0.2) is 23.2 Å². The number of likely N-dealkylation sites (tertiary alicyclic amines) is 1. The van der Waals surface area contributed by atoms with Crippen LogP contribution in [0.1, 0.15) is 39.2 Å². The van der Waals surface area contributed by atoms with Crippen LogP contribution in [0.5, 0.6) is 0 Å². The Morgan fingerprint density at radius 3 is 2.65 bits per heavy atom. The number of rotatable bonds is 6. The fourth-order valence-corrected chi connectivity index (χ4v) is 4.35. The van der Waals surface area contributed by atoms with Crippen LogP contribution in [0, 0.1) is 17.0 Å². The van der Waals surface area contributed by atoms with Crippen molar-refractivity contribution >= 4 is 6.09 Å². The Kier molecular flexibility index (Phi) is 6.61. The van der Waals surface area contributed by atoms with E-state index < -0.39 is 23.3 Å². The van der Waals surface area contributed by atoms with Gasteiger partial charge in [-0.2, -0.15) is 5.10 Å². The smallest absolute Gasteiger partial charge is 0.404 e. The number of β-amino-alcohol motifs (C(OH)–C–C–N with tert-alkyl or cyclic N) is 1. The van der Waals surface area contributed by atoms with Crippen molar-refractivity contribution < 1.29 is 23.4 Å². The molecule has 3 unspecified atom stereocenters. The first-order valence-corrected chi connectivity index (χ1v) is 10.2. The summed E-state index contributed by atoms with van der Waals surface area (Å²) in [5.41, 5.74) is 3.24. The molecule has 2 heterocycles. The predicted octanol–water partition coefficient (Wildman–Crippen LogP) is 2.42. The molecule has 1 saturated heterocycles. The van der Waals surface area contributed by atoms with Gasteiger partial charge in [-0.3, -0.25) is 4.90 Å². The Bertz CT molecular complexity index is 903. The first-order chi connectivity index (χ1) is 14.5. The van der Waals surface area contributed by atoms with Crippen molar-refractivity contribution in [1.82, 2.24) is 19.7 Å². The molecule has 0 spiro atoms. The van der Waals surface area contributed by atoms with E-state index in [0.717, 1.165) is 12.1 Å². The van der Waals surface area contributed by atoms with Gasteiger partial charge in [0, 0.05) is 37.2 Å². The van der Waals surface area contributed by atoms with Gasteiger partial charge in [0.15, 0.2) is 0 Å². The molecule has 3 atom stereocenters. The van der Waals surface area contributed by atoms with Crippen molar-refractivity contribution in [1.29, 1.82) is 0 Å². The molecule has 0 bridgehead atoms. The van der Waals surface area contributed by atoms with Gasteiger partial charge < -0.3 is 15.6 Å². The molecule has 1 aliphatic rings. The molecular weight excluding hydrogens is 408 g/mol. The number of hydrogen-bond donors (Lipinski definition) is 2. The van der Waals surface area contributed by atoms with E-state index in [-0.39, 0.29) is 36.2 Å². The number of benzene rings is 1. The summed E-state index contributed by atoms with van der Waals surface area (Å²) in [6.07, 6.45) is 2.66. The maximum atomic E-state index is 14.7. The minimum absolute atomic E-state index is 0.0208. The molecule has 1 aromatic heterocycles. The number of halogens is 2. The number of amides is 1. The van der Waals surface area contributed by atoms with E-state index >= 15 is 0 Å². The van der Waals surface area contributed by atoms with Crippen molar-refractivity contribution in [2.75, 3.05) is 13.1 Å². The molecule has 31 heavy (non-hydrogen) atoms. The van der Waals surface area contributed by atoms with Gasteiger partial charge >= 0.3 is 6.09 Å². The summed E-state index contributed by atoms with van der Waals surface area (Å²) in [7, 11) is 0. The molecule has 0 saturated carbocycles. The van der Waals surface area contributed by atoms with Crippen LogP contribution in [0.25, 0.3) is 0 Å². The average Bonchev–Trinajstić information content (AvgIpc) is 3.14. The van der Waals surface area contributed by atoms with Crippen LogP contribution < -0.4 is 5.73 Å². The Labute approximate surface area is 180 Å². The van der Waals surface area contributed by atoms with E-state index in [2.05, 4.69) is 15.0 Å². The highest BCUT2D eigenvalue weighted by Crippen LogP contribution is 2.36. The summed E-state index contributed by atoms with van der Waals surface area (Å²) in [4.78, 5) is 17.2. The van der Waals surface area contributed by atoms with Crippen LogP contribution in [0.3, 0.4) is 0 Å². The van der Waals surface area contributed by atoms with Gasteiger partial charge in [-0.1, -0.05) is 26.8 Å². The molecule has 8 nitrogen and oxygen atoms in total. The molecule has 0 aliphatic carbocycles. The lowest BCUT2D eigenvalue weighted by molar-refractivity contribution is -0.0739. The van der Waals surface area contributed by atoms with Crippen LogP contribution in [-0.4, -0.2) is 56.1 Å². The molecule has 0 radical (unpaired) electrons. The number of nitrogens with two attached hydrogens (primary N) is 1. The van der Waals surface area contributed by atoms with E-state index in [4.69, 9.17) is 10.5 Å². The first kappa shape index (κ1) is 23.1. The molecule has 3 rings (SSSR count). The predicted molar refractivity (Wildman–Crippen MR) is 109 cm³/mol. The van der Waals surface area contributed by atoms with Crippen LogP contribution in [0.4, 0.5) is 13.6 Å². The molecule has 3 N–H and O–H groups in total. The largest absolute Gasteiger partial charge is 0.446 e.